The van der Waals surface area contributed by atoms with Crippen LogP contribution in [0.3, 0.4) is 0 Å². The van der Waals surface area contributed by atoms with Gasteiger partial charge in [-0.2, -0.15) is 0 Å². The zero-order valence-corrected chi connectivity index (χ0v) is 23.0. The fourth-order valence-electron chi connectivity index (χ4n) is 5.03. The normalized spacial score (nSPS) is 17.1. The van der Waals surface area contributed by atoms with Crippen molar-refractivity contribution in [3.8, 4) is 0 Å². The van der Waals surface area contributed by atoms with Crippen LogP contribution >= 0.6 is 0 Å². The van der Waals surface area contributed by atoms with Crippen LogP contribution in [0.2, 0.25) is 0 Å². The second-order valence-electron chi connectivity index (χ2n) is 10.3. The van der Waals surface area contributed by atoms with E-state index < -0.39 is 11.6 Å². The highest BCUT2D eigenvalue weighted by molar-refractivity contribution is 5.93. The first-order valence-corrected chi connectivity index (χ1v) is 13.1. The van der Waals surface area contributed by atoms with Crippen LogP contribution < -0.4 is 10.6 Å². The van der Waals surface area contributed by atoms with Crippen LogP contribution in [-0.2, 0) is 19.1 Å². The number of nitrogens with zero attached hydrogens (tertiary/aromatic N) is 1. The van der Waals surface area contributed by atoms with Crippen molar-refractivity contribution in [1.82, 2.24) is 15.5 Å². The fourth-order valence-corrected chi connectivity index (χ4v) is 5.03. The van der Waals surface area contributed by atoms with Crippen molar-refractivity contribution < 1.29 is 19.1 Å². The van der Waals surface area contributed by atoms with Gasteiger partial charge in [-0.15, -0.1) is 0 Å². The zero-order valence-electron chi connectivity index (χ0n) is 23.0. The van der Waals surface area contributed by atoms with Crippen LogP contribution in [-0.4, -0.2) is 60.0 Å². The molecule has 1 aliphatic rings. The quantitative estimate of drug-likeness (QED) is 0.305. The minimum absolute atomic E-state index is 0.0891. The van der Waals surface area contributed by atoms with E-state index in [1.165, 1.54) is 0 Å². The lowest BCUT2D eigenvalue weighted by atomic mass is 9.88. The van der Waals surface area contributed by atoms with E-state index in [1.807, 2.05) is 47.6 Å². The third-order valence-corrected chi connectivity index (χ3v) is 7.13. The highest BCUT2D eigenvalue weighted by Gasteiger charge is 2.41. The van der Waals surface area contributed by atoms with E-state index in [0.29, 0.717) is 25.0 Å². The SMILES string of the molecule is CCOC(=O)/C(C)=C/[C@H](C(C)C)N(C)C(=O)C(NC(=O)C(CC)(CC)NC(C)C)C1CCCC1. The molecule has 1 saturated carbocycles. The van der Waals surface area contributed by atoms with Gasteiger partial charge in [0.05, 0.1) is 18.2 Å². The van der Waals surface area contributed by atoms with E-state index in [9.17, 15) is 14.4 Å². The van der Waals surface area contributed by atoms with Gasteiger partial charge >= 0.3 is 5.97 Å². The van der Waals surface area contributed by atoms with Crippen molar-refractivity contribution in [3.05, 3.63) is 11.6 Å². The van der Waals surface area contributed by atoms with Crippen molar-refractivity contribution in [2.75, 3.05) is 13.7 Å². The molecule has 7 nitrogen and oxygen atoms in total. The third kappa shape index (κ3) is 7.82. The van der Waals surface area contributed by atoms with Crippen molar-refractivity contribution in [1.29, 1.82) is 0 Å². The van der Waals surface area contributed by atoms with Gasteiger partial charge in [-0.25, -0.2) is 4.79 Å². The van der Waals surface area contributed by atoms with Gasteiger partial charge in [0.1, 0.15) is 6.04 Å². The van der Waals surface area contributed by atoms with Gasteiger partial charge in [0, 0.05) is 18.7 Å². The predicted molar refractivity (Wildman–Crippen MR) is 137 cm³/mol. The Kier molecular flexibility index (Phi) is 12.3. The zero-order chi connectivity index (χ0) is 26.1. The molecule has 1 aliphatic carbocycles. The maximum atomic E-state index is 13.9. The molecule has 0 saturated heterocycles. The molecule has 0 spiro atoms. The number of ether oxygens (including phenoxy) is 1. The summed E-state index contributed by atoms with van der Waals surface area (Å²) in [7, 11) is 1.77. The first-order chi connectivity index (χ1) is 15.9. The fraction of sp³-hybridized carbons (Fsp3) is 0.815. The Morgan fingerprint density at radius 2 is 1.62 bits per heavy atom. The lowest BCUT2D eigenvalue weighted by molar-refractivity contribution is -0.141. The molecule has 0 aromatic rings. The molecule has 2 atom stereocenters. The van der Waals surface area contributed by atoms with Crippen LogP contribution in [0.1, 0.15) is 93.9 Å². The lowest BCUT2D eigenvalue weighted by Crippen LogP contribution is -2.63. The summed E-state index contributed by atoms with van der Waals surface area (Å²) in [6, 6.07) is -0.715. The van der Waals surface area contributed by atoms with Gasteiger partial charge in [-0.1, -0.05) is 46.6 Å². The van der Waals surface area contributed by atoms with Crippen LogP contribution in [0.4, 0.5) is 0 Å². The number of carbonyl (C=O) groups excluding carboxylic acids is 3. The Morgan fingerprint density at radius 3 is 2.06 bits per heavy atom. The van der Waals surface area contributed by atoms with Crippen LogP contribution in [0.25, 0.3) is 0 Å². The molecular weight excluding hydrogens is 430 g/mol. The van der Waals surface area contributed by atoms with E-state index in [4.69, 9.17) is 4.74 Å². The number of nitrogens with one attached hydrogen (secondary N) is 2. The molecule has 1 fully saturated rings. The second-order valence-corrected chi connectivity index (χ2v) is 10.3. The molecule has 7 heteroatoms. The van der Waals surface area contributed by atoms with Gasteiger partial charge < -0.3 is 20.3 Å². The Morgan fingerprint density at radius 1 is 1.06 bits per heavy atom. The molecule has 0 radical (unpaired) electrons. The van der Waals surface area contributed by atoms with Crippen LogP contribution in [0.5, 0.6) is 0 Å². The van der Waals surface area contributed by atoms with Gasteiger partial charge in [0.25, 0.3) is 0 Å². The summed E-state index contributed by atoms with van der Waals surface area (Å²) in [6.07, 6.45) is 7.10. The summed E-state index contributed by atoms with van der Waals surface area (Å²) in [4.78, 5) is 41.3. The highest BCUT2D eigenvalue weighted by atomic mass is 16.5. The van der Waals surface area contributed by atoms with Crippen molar-refractivity contribution >= 4 is 17.8 Å². The molecular formula is C27H49N3O4. The summed E-state index contributed by atoms with van der Waals surface area (Å²) in [6.45, 7) is 15.9. The van der Waals surface area contributed by atoms with Crippen molar-refractivity contribution in [3.63, 3.8) is 0 Å². The van der Waals surface area contributed by atoms with Gasteiger partial charge in [-0.05, 0) is 65.2 Å². The summed E-state index contributed by atoms with van der Waals surface area (Å²) in [5, 5.41) is 6.62. The van der Waals surface area contributed by atoms with Gasteiger partial charge in [0.2, 0.25) is 11.8 Å². The molecule has 34 heavy (non-hydrogen) atoms. The molecule has 0 aromatic heterocycles. The molecule has 0 aliphatic heterocycles. The number of hydrogen-bond donors (Lipinski definition) is 2. The molecule has 2 N–H and O–H groups in total. The molecule has 2 amide bonds. The minimum Gasteiger partial charge on any atom is -0.463 e. The topological polar surface area (TPSA) is 87.7 Å². The maximum Gasteiger partial charge on any atom is 0.333 e. The lowest BCUT2D eigenvalue weighted by Gasteiger charge is -2.38. The van der Waals surface area contributed by atoms with E-state index in [0.717, 1.165) is 25.7 Å². The summed E-state index contributed by atoms with van der Waals surface area (Å²) >= 11 is 0. The van der Waals surface area contributed by atoms with Crippen molar-refractivity contribution in [2.45, 2.75) is 118 Å². The van der Waals surface area contributed by atoms with Crippen molar-refractivity contribution in [2.24, 2.45) is 11.8 Å². The summed E-state index contributed by atoms with van der Waals surface area (Å²) < 4.78 is 5.13. The number of amides is 2. The second kappa shape index (κ2) is 13.9. The standard InChI is InChI=1S/C27H49N3O4/c1-10-27(11-2,29-19(6)7)26(33)28-23(21-15-13-14-16-21)24(31)30(9)22(18(4)5)17-20(8)25(32)34-12-3/h17-19,21-23,29H,10-16H2,1-9H3,(H,28,33)/b20-17+/t22-,23?/m1/s1. The Hall–Kier alpha value is -1.89. The first kappa shape index (κ1) is 30.1. The van der Waals surface area contributed by atoms with E-state index >= 15 is 0 Å². The smallest absolute Gasteiger partial charge is 0.333 e. The molecule has 1 unspecified atom stereocenters. The van der Waals surface area contributed by atoms with E-state index in [1.54, 1.807) is 25.8 Å². The Labute approximate surface area is 207 Å². The molecule has 0 heterocycles. The summed E-state index contributed by atoms with van der Waals surface area (Å²) in [5.74, 6) is -0.370. The maximum absolute atomic E-state index is 13.9. The minimum atomic E-state index is -0.707. The van der Waals surface area contributed by atoms with Crippen LogP contribution in [0.15, 0.2) is 11.6 Å². The predicted octanol–water partition coefficient (Wildman–Crippen LogP) is 4.21. The molecule has 196 valence electrons. The highest BCUT2D eigenvalue weighted by Crippen LogP contribution is 2.30. The largest absolute Gasteiger partial charge is 0.463 e. The van der Waals surface area contributed by atoms with Gasteiger partial charge in [-0.3, -0.25) is 9.59 Å². The number of esters is 1. The number of rotatable bonds is 13. The van der Waals surface area contributed by atoms with E-state index in [2.05, 4.69) is 10.6 Å². The Balaban J connectivity index is 3.25. The Bertz CT molecular complexity index is 707. The van der Waals surface area contributed by atoms with Crippen LogP contribution in [0, 0.1) is 11.8 Å². The molecule has 0 aromatic carbocycles. The van der Waals surface area contributed by atoms with E-state index in [-0.39, 0.29) is 41.7 Å². The number of hydrogen-bond acceptors (Lipinski definition) is 5. The number of likely N-dealkylation sites (N-methyl/N-ethyl adjacent to an activating group) is 1. The molecule has 0 bridgehead atoms. The average Bonchev–Trinajstić information content (AvgIpc) is 3.32. The van der Waals surface area contributed by atoms with Gasteiger partial charge in [0.15, 0.2) is 0 Å². The third-order valence-electron chi connectivity index (χ3n) is 7.13. The molecule has 1 rings (SSSR count). The number of carbonyl (C=O) groups is 3. The first-order valence-electron chi connectivity index (χ1n) is 13.1. The average molecular weight is 480 g/mol. The summed E-state index contributed by atoms with van der Waals surface area (Å²) in [5.41, 5.74) is -0.222. The monoisotopic (exact) mass is 479 g/mol.